The lowest BCUT2D eigenvalue weighted by atomic mass is 9.84. The molecule has 0 N–H and O–H groups in total. The number of hydrogen-bond donors (Lipinski definition) is 0. The lowest BCUT2D eigenvalue weighted by Gasteiger charge is -2.22. The first-order valence-corrected chi connectivity index (χ1v) is 17.6. The smallest absolute Gasteiger partial charge is 0.0417 e. The number of rotatable bonds is 6. The molecule has 6 saturated carbocycles. The first-order chi connectivity index (χ1) is 17.6. The van der Waals surface area contributed by atoms with Gasteiger partial charge in [-0.25, -0.2) is 0 Å². The van der Waals surface area contributed by atoms with Gasteiger partial charge in [0, 0.05) is 0 Å². The van der Waals surface area contributed by atoms with Crippen molar-refractivity contribution in [3.05, 3.63) is 0 Å². The predicted molar refractivity (Wildman–Crippen MR) is 173 cm³/mol. The molecule has 6 aliphatic rings. The molecule has 0 amide bonds. The van der Waals surface area contributed by atoms with Crippen molar-refractivity contribution in [3.63, 3.8) is 0 Å². The van der Waals surface area contributed by atoms with Crippen LogP contribution in [0.2, 0.25) is 0 Å². The highest BCUT2D eigenvalue weighted by Gasteiger charge is 2.16. The van der Waals surface area contributed by atoms with E-state index in [1.165, 1.54) is 154 Å². The van der Waals surface area contributed by atoms with Crippen LogP contribution in [0.5, 0.6) is 0 Å². The molecule has 0 aromatic carbocycles. The van der Waals surface area contributed by atoms with Gasteiger partial charge in [-0.3, -0.25) is 0 Å². The molecular formula is C37H76. The molecule has 0 aliphatic heterocycles. The lowest BCUT2D eigenvalue weighted by molar-refractivity contribution is 0.307. The zero-order valence-electron chi connectivity index (χ0n) is 26.4. The highest BCUT2D eigenvalue weighted by atomic mass is 14.2. The Morgan fingerprint density at radius 2 is 0.378 bits per heavy atom. The average molecular weight is 521 g/mol. The van der Waals surface area contributed by atoms with Gasteiger partial charge in [0.25, 0.3) is 0 Å². The second-order valence-electron chi connectivity index (χ2n) is 13.2. The topological polar surface area (TPSA) is 0 Å². The normalized spacial score (nSPS) is 22.9. The van der Waals surface area contributed by atoms with Crippen molar-refractivity contribution in [1.29, 1.82) is 0 Å². The van der Waals surface area contributed by atoms with Gasteiger partial charge in [-0.2, -0.15) is 0 Å². The monoisotopic (exact) mass is 521 g/mol. The van der Waals surface area contributed by atoms with E-state index in [9.17, 15) is 0 Å². The van der Waals surface area contributed by atoms with Crippen LogP contribution in [0, 0.1) is 35.5 Å². The molecule has 0 spiro atoms. The molecule has 6 aliphatic carbocycles. The molecule has 6 fully saturated rings. The second-order valence-corrected chi connectivity index (χ2v) is 13.2. The third kappa shape index (κ3) is 18.1. The molecule has 0 radical (unpaired) electrons. The lowest BCUT2D eigenvalue weighted by Crippen LogP contribution is -2.08. The summed E-state index contributed by atoms with van der Waals surface area (Å²) in [5.74, 6) is 6.69. The van der Waals surface area contributed by atoms with Crippen molar-refractivity contribution in [3.8, 4) is 0 Å². The van der Waals surface area contributed by atoms with Crippen LogP contribution in [0.1, 0.15) is 203 Å². The van der Waals surface area contributed by atoms with Gasteiger partial charge >= 0.3 is 0 Å². The summed E-state index contributed by atoms with van der Waals surface area (Å²) >= 11 is 0. The molecule has 0 bridgehead atoms. The summed E-state index contributed by atoms with van der Waals surface area (Å²) in [6.45, 7) is 13.7. The fraction of sp³-hybridized carbons (Fsp3) is 1.00. The Morgan fingerprint density at radius 3 is 0.378 bits per heavy atom. The maximum atomic E-state index is 2.28. The van der Waals surface area contributed by atoms with Crippen molar-refractivity contribution in [2.75, 3.05) is 0 Å². The minimum absolute atomic E-state index is 0. The fourth-order valence-electron chi connectivity index (χ4n) is 5.41. The summed E-state index contributed by atoms with van der Waals surface area (Å²) in [7, 11) is 0. The highest BCUT2D eigenvalue weighted by molar-refractivity contribution is 4.69. The maximum absolute atomic E-state index is 2.28. The van der Waals surface area contributed by atoms with Crippen molar-refractivity contribution >= 4 is 0 Å². The third-order valence-electron chi connectivity index (χ3n) is 10.8. The fourth-order valence-corrected chi connectivity index (χ4v) is 5.41. The van der Waals surface area contributed by atoms with Crippen molar-refractivity contribution in [2.24, 2.45) is 35.5 Å². The van der Waals surface area contributed by atoms with Gasteiger partial charge in [0.15, 0.2) is 0 Å². The minimum Gasteiger partial charge on any atom is -0.0776 e. The zero-order chi connectivity index (χ0) is 26.4. The van der Waals surface area contributed by atoms with E-state index < -0.39 is 0 Å². The molecule has 0 nitrogen and oxygen atoms in total. The van der Waals surface area contributed by atoms with Crippen LogP contribution >= 0.6 is 0 Å². The SMILES string of the molecule is C.CCC1CCC1.CCC1CCC1.CCC1CCC1.CCC1CCC1.CCC1CCC1.CCC1CCC1. The predicted octanol–water partition coefficient (Wildman–Crippen LogP) is 13.8. The van der Waals surface area contributed by atoms with Gasteiger partial charge in [0.2, 0.25) is 0 Å². The van der Waals surface area contributed by atoms with Gasteiger partial charge < -0.3 is 0 Å². The highest BCUT2D eigenvalue weighted by Crippen LogP contribution is 2.31. The van der Waals surface area contributed by atoms with Crippen molar-refractivity contribution < 1.29 is 0 Å². The first kappa shape index (κ1) is 37.0. The summed E-state index contributed by atoms with van der Waals surface area (Å²) in [6.07, 6.45) is 35.6. The molecular weight excluding hydrogens is 444 g/mol. The van der Waals surface area contributed by atoms with Crippen LogP contribution in [0.4, 0.5) is 0 Å². The van der Waals surface area contributed by atoms with Crippen LogP contribution in [0.15, 0.2) is 0 Å². The summed E-state index contributed by atoms with van der Waals surface area (Å²) < 4.78 is 0. The van der Waals surface area contributed by atoms with Crippen LogP contribution in [0.25, 0.3) is 0 Å². The van der Waals surface area contributed by atoms with E-state index in [1.807, 2.05) is 0 Å². The van der Waals surface area contributed by atoms with Gasteiger partial charge in [-0.05, 0) is 35.5 Å². The van der Waals surface area contributed by atoms with E-state index in [2.05, 4.69) is 41.5 Å². The van der Waals surface area contributed by atoms with Crippen LogP contribution in [-0.4, -0.2) is 0 Å². The standard InChI is InChI=1S/6C6H12.CH4/c6*1-2-6-4-3-5-6;/h6*6H,2-5H2,1H3;1H4. The zero-order valence-corrected chi connectivity index (χ0v) is 26.4. The van der Waals surface area contributed by atoms with E-state index in [4.69, 9.17) is 0 Å². The average Bonchev–Trinajstić information content (AvgIpc) is 2.65. The van der Waals surface area contributed by atoms with E-state index in [1.54, 1.807) is 0 Å². The second kappa shape index (κ2) is 25.0. The first-order valence-electron chi connectivity index (χ1n) is 17.6. The molecule has 37 heavy (non-hydrogen) atoms. The Hall–Kier alpha value is 0. The Kier molecular flexibility index (Phi) is 25.0. The summed E-state index contributed by atoms with van der Waals surface area (Å²) in [5.41, 5.74) is 0. The van der Waals surface area contributed by atoms with E-state index >= 15 is 0 Å². The third-order valence-corrected chi connectivity index (χ3v) is 10.8. The Labute approximate surface area is 238 Å². The molecule has 0 aromatic heterocycles. The quantitative estimate of drug-likeness (QED) is 0.326. The van der Waals surface area contributed by atoms with Gasteiger partial charge in [0.1, 0.15) is 0 Å². The minimum atomic E-state index is 0. The molecule has 6 rings (SSSR count). The molecule has 0 heteroatoms. The molecule has 0 aromatic rings. The summed E-state index contributed by atoms with van der Waals surface area (Å²) in [5, 5.41) is 0. The van der Waals surface area contributed by atoms with E-state index in [0.29, 0.717) is 0 Å². The van der Waals surface area contributed by atoms with Gasteiger partial charge in [-0.1, -0.05) is 203 Å². The summed E-state index contributed by atoms with van der Waals surface area (Å²) in [4.78, 5) is 0. The van der Waals surface area contributed by atoms with E-state index in [0.717, 1.165) is 35.5 Å². The molecule has 224 valence electrons. The van der Waals surface area contributed by atoms with Crippen LogP contribution < -0.4 is 0 Å². The van der Waals surface area contributed by atoms with Crippen LogP contribution in [-0.2, 0) is 0 Å². The van der Waals surface area contributed by atoms with Gasteiger partial charge in [-0.15, -0.1) is 0 Å². The molecule has 0 saturated heterocycles. The Bertz CT molecular complexity index is 304. The number of hydrogen-bond acceptors (Lipinski definition) is 0. The molecule has 0 atom stereocenters. The van der Waals surface area contributed by atoms with Crippen molar-refractivity contribution in [1.82, 2.24) is 0 Å². The maximum Gasteiger partial charge on any atom is -0.0417 e. The Balaban J connectivity index is 0.000000418. The van der Waals surface area contributed by atoms with E-state index in [-0.39, 0.29) is 7.43 Å². The van der Waals surface area contributed by atoms with Crippen molar-refractivity contribution in [2.45, 2.75) is 203 Å². The largest absolute Gasteiger partial charge is 0.0776 e. The van der Waals surface area contributed by atoms with Crippen LogP contribution in [0.3, 0.4) is 0 Å². The Morgan fingerprint density at radius 1 is 0.270 bits per heavy atom. The van der Waals surface area contributed by atoms with Gasteiger partial charge in [0.05, 0.1) is 0 Å². The summed E-state index contributed by atoms with van der Waals surface area (Å²) in [6, 6.07) is 0. The molecule has 0 heterocycles. The molecule has 0 unspecified atom stereocenters.